The van der Waals surface area contributed by atoms with Gasteiger partial charge in [0.05, 0.1) is 18.6 Å². The molecule has 0 radical (unpaired) electrons. The third kappa shape index (κ3) is 4.59. The number of nitrogens with zero attached hydrogens (tertiary/aromatic N) is 1. The van der Waals surface area contributed by atoms with E-state index in [1.807, 2.05) is 32.9 Å². The van der Waals surface area contributed by atoms with Gasteiger partial charge in [-0.15, -0.1) is 0 Å². The molecule has 0 bridgehead atoms. The van der Waals surface area contributed by atoms with E-state index in [1.165, 1.54) is 18.9 Å². The lowest BCUT2D eigenvalue weighted by Crippen LogP contribution is -2.38. The van der Waals surface area contributed by atoms with Gasteiger partial charge in [-0.25, -0.2) is 0 Å². The van der Waals surface area contributed by atoms with Crippen LogP contribution in [-0.4, -0.2) is 36.4 Å². The van der Waals surface area contributed by atoms with E-state index < -0.39 is 5.97 Å². The van der Waals surface area contributed by atoms with Gasteiger partial charge in [0, 0.05) is 6.92 Å². The average Bonchev–Trinajstić information content (AvgIpc) is 2.47. The number of aryl methyl sites for hydroxylation is 2. The minimum atomic E-state index is -0.499. The Bertz CT molecular complexity index is 598. The van der Waals surface area contributed by atoms with Gasteiger partial charge in [-0.2, -0.15) is 0 Å². The van der Waals surface area contributed by atoms with E-state index >= 15 is 0 Å². The number of esters is 1. The van der Waals surface area contributed by atoms with Crippen LogP contribution in [0.4, 0.5) is 5.69 Å². The SMILES string of the molecule is COC(=O)CN(C(=O)CSC(C)=O)c1c(C)ccc(C)c1C. The summed E-state index contributed by atoms with van der Waals surface area (Å²) >= 11 is 0.931. The summed E-state index contributed by atoms with van der Waals surface area (Å²) in [4.78, 5) is 36.6. The van der Waals surface area contributed by atoms with Gasteiger partial charge in [-0.3, -0.25) is 19.3 Å². The van der Waals surface area contributed by atoms with E-state index in [4.69, 9.17) is 0 Å². The van der Waals surface area contributed by atoms with Gasteiger partial charge < -0.3 is 4.74 Å². The molecule has 0 N–H and O–H groups in total. The second kappa shape index (κ2) is 7.98. The number of hydrogen-bond acceptors (Lipinski definition) is 5. The summed E-state index contributed by atoms with van der Waals surface area (Å²) < 4.78 is 4.68. The highest BCUT2D eigenvalue weighted by atomic mass is 32.2. The standard InChI is InChI=1S/C16H21NO4S/c1-10-6-7-11(2)16(12(10)3)17(8-15(20)21-5)14(19)9-22-13(4)18/h6-7H,8-9H2,1-5H3. The van der Waals surface area contributed by atoms with E-state index in [2.05, 4.69) is 4.74 Å². The Morgan fingerprint density at radius 3 is 2.27 bits per heavy atom. The highest BCUT2D eigenvalue weighted by Crippen LogP contribution is 2.28. The first-order valence-corrected chi connectivity index (χ1v) is 7.83. The van der Waals surface area contributed by atoms with Crippen LogP contribution >= 0.6 is 11.8 Å². The van der Waals surface area contributed by atoms with Crippen LogP contribution in [0.1, 0.15) is 23.6 Å². The van der Waals surface area contributed by atoms with Crippen molar-refractivity contribution in [3.63, 3.8) is 0 Å². The highest BCUT2D eigenvalue weighted by molar-refractivity contribution is 8.14. The molecule has 0 aliphatic heterocycles. The van der Waals surface area contributed by atoms with Crippen molar-refractivity contribution in [1.82, 2.24) is 0 Å². The number of hydrogen-bond donors (Lipinski definition) is 0. The third-order valence-corrected chi connectivity index (χ3v) is 4.19. The predicted molar refractivity (Wildman–Crippen MR) is 88.2 cm³/mol. The quantitative estimate of drug-likeness (QED) is 0.779. The van der Waals surface area contributed by atoms with Crippen molar-refractivity contribution < 1.29 is 19.1 Å². The van der Waals surface area contributed by atoms with E-state index in [1.54, 1.807) is 0 Å². The Labute approximate surface area is 135 Å². The second-order valence-corrected chi connectivity index (χ2v) is 6.16. The number of thioether (sulfide) groups is 1. The fourth-order valence-electron chi connectivity index (χ4n) is 2.08. The van der Waals surface area contributed by atoms with Crippen LogP contribution in [0.3, 0.4) is 0 Å². The number of carbonyl (C=O) groups excluding carboxylic acids is 3. The molecule has 0 aliphatic rings. The Balaban J connectivity index is 3.20. The van der Waals surface area contributed by atoms with Gasteiger partial charge >= 0.3 is 5.97 Å². The van der Waals surface area contributed by atoms with Crippen LogP contribution in [0.5, 0.6) is 0 Å². The van der Waals surface area contributed by atoms with Crippen molar-refractivity contribution in [1.29, 1.82) is 0 Å². The molecule has 0 atom stereocenters. The number of rotatable bonds is 5. The van der Waals surface area contributed by atoms with Crippen molar-refractivity contribution in [2.45, 2.75) is 27.7 Å². The van der Waals surface area contributed by atoms with Crippen LogP contribution in [0.2, 0.25) is 0 Å². The zero-order chi connectivity index (χ0) is 16.9. The molecule has 0 heterocycles. The Morgan fingerprint density at radius 1 is 1.14 bits per heavy atom. The molecular weight excluding hydrogens is 302 g/mol. The number of carbonyl (C=O) groups is 3. The lowest BCUT2D eigenvalue weighted by molar-refractivity contribution is -0.139. The van der Waals surface area contributed by atoms with Gasteiger partial charge in [0.15, 0.2) is 5.12 Å². The summed E-state index contributed by atoms with van der Waals surface area (Å²) in [6.07, 6.45) is 0. The maximum atomic E-state index is 12.5. The molecule has 1 aromatic rings. The molecule has 1 amide bonds. The lowest BCUT2D eigenvalue weighted by Gasteiger charge is -2.26. The first kappa shape index (κ1) is 18.2. The maximum Gasteiger partial charge on any atom is 0.325 e. The molecule has 0 unspecified atom stereocenters. The summed E-state index contributed by atoms with van der Waals surface area (Å²) in [5.41, 5.74) is 3.57. The van der Waals surface area contributed by atoms with E-state index in [0.29, 0.717) is 5.69 Å². The normalized spacial score (nSPS) is 10.2. The zero-order valence-electron chi connectivity index (χ0n) is 13.6. The van der Waals surface area contributed by atoms with Crippen LogP contribution in [0.25, 0.3) is 0 Å². The van der Waals surface area contributed by atoms with Crippen LogP contribution < -0.4 is 4.90 Å². The van der Waals surface area contributed by atoms with Crippen molar-refractivity contribution in [3.8, 4) is 0 Å². The summed E-state index contributed by atoms with van der Waals surface area (Å²) in [5, 5.41) is -0.135. The Kier molecular flexibility index (Phi) is 6.61. The first-order chi connectivity index (χ1) is 10.3. The molecular formula is C16H21NO4S. The topological polar surface area (TPSA) is 63.7 Å². The fraction of sp³-hybridized carbons (Fsp3) is 0.438. The van der Waals surface area contributed by atoms with Crippen LogP contribution in [0, 0.1) is 20.8 Å². The molecule has 0 fully saturated rings. The Hall–Kier alpha value is -1.82. The van der Waals surface area contributed by atoms with E-state index in [-0.39, 0.29) is 23.3 Å². The fourth-order valence-corrected chi connectivity index (χ4v) is 2.56. The zero-order valence-corrected chi connectivity index (χ0v) is 14.4. The molecule has 120 valence electrons. The monoisotopic (exact) mass is 323 g/mol. The van der Waals surface area contributed by atoms with Gasteiger partial charge in [0.25, 0.3) is 0 Å². The van der Waals surface area contributed by atoms with Crippen LogP contribution in [-0.2, 0) is 19.1 Å². The van der Waals surface area contributed by atoms with E-state index in [0.717, 1.165) is 28.5 Å². The third-order valence-electron chi connectivity index (χ3n) is 3.39. The number of anilines is 1. The molecule has 22 heavy (non-hydrogen) atoms. The van der Waals surface area contributed by atoms with Crippen molar-refractivity contribution >= 4 is 34.4 Å². The molecule has 5 nitrogen and oxygen atoms in total. The largest absolute Gasteiger partial charge is 0.468 e. The first-order valence-electron chi connectivity index (χ1n) is 6.85. The molecule has 0 saturated heterocycles. The smallest absolute Gasteiger partial charge is 0.325 e. The lowest BCUT2D eigenvalue weighted by atomic mass is 10.0. The number of benzene rings is 1. The highest BCUT2D eigenvalue weighted by Gasteiger charge is 2.23. The van der Waals surface area contributed by atoms with Gasteiger partial charge in [0.2, 0.25) is 5.91 Å². The number of amides is 1. The van der Waals surface area contributed by atoms with Crippen molar-refractivity contribution in [2.24, 2.45) is 0 Å². The number of methoxy groups -OCH3 is 1. The summed E-state index contributed by atoms with van der Waals surface area (Å²) in [6, 6.07) is 3.88. The van der Waals surface area contributed by atoms with Crippen molar-refractivity contribution in [2.75, 3.05) is 24.3 Å². The summed E-state index contributed by atoms with van der Waals surface area (Å²) in [6.45, 7) is 6.98. The van der Waals surface area contributed by atoms with Gasteiger partial charge in [-0.05, 0) is 37.5 Å². The molecule has 0 aliphatic carbocycles. The van der Waals surface area contributed by atoms with Crippen molar-refractivity contribution in [3.05, 3.63) is 28.8 Å². The average molecular weight is 323 g/mol. The molecule has 0 saturated carbocycles. The van der Waals surface area contributed by atoms with Gasteiger partial charge in [0.1, 0.15) is 6.54 Å². The van der Waals surface area contributed by atoms with Gasteiger partial charge in [-0.1, -0.05) is 23.9 Å². The minimum Gasteiger partial charge on any atom is -0.468 e. The Morgan fingerprint density at radius 2 is 1.73 bits per heavy atom. The molecule has 0 aromatic heterocycles. The minimum absolute atomic E-state index is 0.000844. The second-order valence-electron chi connectivity index (χ2n) is 5.01. The molecule has 6 heteroatoms. The summed E-state index contributed by atoms with van der Waals surface area (Å²) in [7, 11) is 1.28. The molecule has 1 aromatic carbocycles. The molecule has 0 spiro atoms. The molecule has 1 rings (SSSR count). The van der Waals surface area contributed by atoms with Crippen LogP contribution in [0.15, 0.2) is 12.1 Å². The number of ether oxygens (including phenoxy) is 1. The predicted octanol–water partition coefficient (Wildman–Crippen LogP) is 2.40. The maximum absolute atomic E-state index is 12.5. The van der Waals surface area contributed by atoms with E-state index in [9.17, 15) is 14.4 Å². The summed E-state index contributed by atoms with van der Waals surface area (Å²) in [5.74, 6) is -0.789.